The number of rotatable bonds is 1. The molecule has 19 heavy (non-hydrogen) atoms. The van der Waals surface area contributed by atoms with Gasteiger partial charge in [0.1, 0.15) is 5.82 Å². The molecule has 1 fully saturated rings. The minimum absolute atomic E-state index is 0. The number of likely N-dealkylation sites (N-methyl/N-ethyl adjacent to an activating group) is 1. The zero-order chi connectivity index (χ0) is 12.3. The van der Waals surface area contributed by atoms with Gasteiger partial charge in [0.25, 0.3) is 0 Å². The standard InChI is InChI=1S/C11H17N5O.CH4.H2O.H2/c1-15-5-7-16(8-6-15)11(14-17)9-3-2-4-13-10(9)12;;;/h2-4,17H,5-8H2,1H3,(H2,12,13);1H4;1H2;1H/b14-11+;;;. The van der Waals surface area contributed by atoms with Gasteiger partial charge < -0.3 is 26.2 Å². The average Bonchev–Trinajstić information content (AvgIpc) is 2.35. The third-order valence-corrected chi connectivity index (χ3v) is 2.98. The molecule has 0 unspecified atom stereocenters. The summed E-state index contributed by atoms with van der Waals surface area (Å²) >= 11 is 0. The predicted octanol–water partition coefficient (Wildman–Crippen LogP) is 0.104. The number of nitrogens with zero attached hydrogens (tertiary/aromatic N) is 4. The summed E-state index contributed by atoms with van der Waals surface area (Å²) in [6.45, 7) is 3.53. The van der Waals surface area contributed by atoms with E-state index in [0.717, 1.165) is 26.2 Å². The number of anilines is 1. The van der Waals surface area contributed by atoms with Crippen molar-refractivity contribution in [2.24, 2.45) is 5.16 Å². The third kappa shape index (κ3) is 3.80. The Labute approximate surface area is 115 Å². The van der Waals surface area contributed by atoms with Gasteiger partial charge >= 0.3 is 0 Å². The van der Waals surface area contributed by atoms with E-state index in [2.05, 4.69) is 22.1 Å². The summed E-state index contributed by atoms with van der Waals surface area (Å²) in [4.78, 5) is 8.26. The molecule has 2 heterocycles. The zero-order valence-electron chi connectivity index (χ0n) is 10.4. The predicted molar refractivity (Wildman–Crippen MR) is 78.5 cm³/mol. The Balaban J connectivity index is 0. The molecular weight excluding hydrogens is 246 g/mol. The van der Waals surface area contributed by atoms with E-state index in [4.69, 9.17) is 5.73 Å². The van der Waals surface area contributed by atoms with Crippen LogP contribution in [0, 0.1) is 0 Å². The van der Waals surface area contributed by atoms with Crippen LogP contribution in [-0.2, 0) is 0 Å². The summed E-state index contributed by atoms with van der Waals surface area (Å²) in [5, 5.41) is 12.5. The van der Waals surface area contributed by atoms with Gasteiger partial charge in [-0.3, -0.25) is 0 Å². The zero-order valence-corrected chi connectivity index (χ0v) is 10.4. The molecule has 7 nitrogen and oxygen atoms in total. The first-order chi connectivity index (χ1) is 8.22. The lowest BCUT2D eigenvalue weighted by Gasteiger charge is -2.34. The number of piperazine rings is 1. The van der Waals surface area contributed by atoms with Crippen molar-refractivity contribution in [3.63, 3.8) is 0 Å². The van der Waals surface area contributed by atoms with E-state index in [0.29, 0.717) is 17.2 Å². The lowest BCUT2D eigenvalue weighted by molar-refractivity contribution is 0.208. The second-order valence-electron chi connectivity index (χ2n) is 4.15. The average molecular weight is 271 g/mol. The normalized spacial score (nSPS) is 16.5. The van der Waals surface area contributed by atoms with Crippen LogP contribution in [0.5, 0.6) is 0 Å². The first-order valence-electron chi connectivity index (χ1n) is 5.59. The van der Waals surface area contributed by atoms with E-state index in [1.54, 1.807) is 12.3 Å². The molecule has 1 saturated heterocycles. The summed E-state index contributed by atoms with van der Waals surface area (Å²) in [5.41, 5.74) is 6.47. The Morgan fingerprint density at radius 1 is 1.42 bits per heavy atom. The summed E-state index contributed by atoms with van der Waals surface area (Å²) in [6, 6.07) is 3.60. The second-order valence-corrected chi connectivity index (χ2v) is 4.15. The van der Waals surface area contributed by atoms with Crippen molar-refractivity contribution in [2.45, 2.75) is 7.43 Å². The number of aromatic nitrogens is 1. The van der Waals surface area contributed by atoms with Crippen molar-refractivity contribution in [2.75, 3.05) is 39.0 Å². The molecule has 1 aromatic heterocycles. The number of nitrogens with two attached hydrogens (primary N) is 1. The maximum Gasteiger partial charge on any atom is 0.179 e. The lowest BCUT2D eigenvalue weighted by atomic mass is 10.2. The van der Waals surface area contributed by atoms with Crippen LogP contribution >= 0.6 is 0 Å². The van der Waals surface area contributed by atoms with Gasteiger partial charge in [-0.15, -0.1) is 0 Å². The second kappa shape index (κ2) is 7.55. The van der Waals surface area contributed by atoms with Crippen molar-refractivity contribution in [1.29, 1.82) is 0 Å². The van der Waals surface area contributed by atoms with Gasteiger partial charge in [-0.1, -0.05) is 12.6 Å². The van der Waals surface area contributed by atoms with Gasteiger partial charge in [0.05, 0.1) is 5.56 Å². The van der Waals surface area contributed by atoms with Crippen LogP contribution in [0.3, 0.4) is 0 Å². The SMILES string of the molecule is C.CN1CCN(/C(=N/O)c2cccnc2N)CC1.O.[HH]. The molecule has 7 heteroatoms. The van der Waals surface area contributed by atoms with Gasteiger partial charge in [0, 0.05) is 33.8 Å². The van der Waals surface area contributed by atoms with E-state index in [9.17, 15) is 5.21 Å². The highest BCUT2D eigenvalue weighted by molar-refractivity contribution is 6.02. The molecule has 0 bridgehead atoms. The maximum atomic E-state index is 9.17. The molecule has 1 aliphatic heterocycles. The fraction of sp³-hybridized carbons (Fsp3) is 0.500. The molecule has 0 amide bonds. The van der Waals surface area contributed by atoms with Crippen LogP contribution < -0.4 is 5.73 Å². The summed E-state index contributed by atoms with van der Waals surface area (Å²) in [7, 11) is 2.07. The molecule has 0 saturated carbocycles. The van der Waals surface area contributed by atoms with Crippen LogP contribution in [0.25, 0.3) is 0 Å². The van der Waals surface area contributed by atoms with Crippen LogP contribution in [0.2, 0.25) is 0 Å². The largest absolute Gasteiger partial charge is 0.412 e. The van der Waals surface area contributed by atoms with E-state index >= 15 is 0 Å². The lowest BCUT2D eigenvalue weighted by Crippen LogP contribution is -2.47. The van der Waals surface area contributed by atoms with E-state index in [-0.39, 0.29) is 14.3 Å². The smallest absolute Gasteiger partial charge is 0.179 e. The first-order valence-corrected chi connectivity index (χ1v) is 5.59. The van der Waals surface area contributed by atoms with Gasteiger partial charge in [0.2, 0.25) is 0 Å². The molecule has 0 atom stereocenters. The molecule has 0 aliphatic carbocycles. The van der Waals surface area contributed by atoms with Crippen molar-refractivity contribution >= 4 is 11.7 Å². The Bertz CT molecular complexity index is 422. The van der Waals surface area contributed by atoms with Gasteiger partial charge in [-0.2, -0.15) is 0 Å². The minimum atomic E-state index is 0. The van der Waals surface area contributed by atoms with Gasteiger partial charge in [-0.25, -0.2) is 4.98 Å². The molecule has 1 aromatic rings. The number of amidine groups is 1. The minimum Gasteiger partial charge on any atom is -0.412 e. The van der Waals surface area contributed by atoms with E-state index in [1.165, 1.54) is 0 Å². The summed E-state index contributed by atoms with van der Waals surface area (Å²) in [5.74, 6) is 0.892. The highest BCUT2D eigenvalue weighted by atomic mass is 16.4. The number of pyridine rings is 1. The van der Waals surface area contributed by atoms with Crippen LogP contribution in [0.1, 0.15) is 14.4 Å². The number of nitrogen functional groups attached to an aromatic ring is 1. The van der Waals surface area contributed by atoms with E-state index in [1.807, 2.05) is 11.0 Å². The quantitative estimate of drug-likeness (QED) is 0.326. The Morgan fingerprint density at radius 3 is 2.58 bits per heavy atom. The molecule has 0 radical (unpaired) electrons. The fourth-order valence-corrected chi connectivity index (χ4v) is 1.91. The third-order valence-electron chi connectivity index (χ3n) is 2.98. The Kier molecular flexibility index (Phi) is 6.81. The fourth-order valence-electron chi connectivity index (χ4n) is 1.91. The number of hydrogen-bond acceptors (Lipinski definition) is 5. The van der Waals surface area contributed by atoms with Gasteiger partial charge in [-0.05, 0) is 19.2 Å². The van der Waals surface area contributed by atoms with Gasteiger partial charge in [0.15, 0.2) is 5.84 Å². The van der Waals surface area contributed by atoms with E-state index < -0.39 is 0 Å². The topological polar surface area (TPSA) is 109 Å². The molecular formula is C12H25N5O2. The van der Waals surface area contributed by atoms with Crippen molar-refractivity contribution < 1.29 is 12.1 Å². The summed E-state index contributed by atoms with van der Waals surface area (Å²) < 4.78 is 0. The Morgan fingerprint density at radius 2 is 2.05 bits per heavy atom. The monoisotopic (exact) mass is 271 g/mol. The van der Waals surface area contributed by atoms with Crippen LogP contribution in [0.15, 0.2) is 23.5 Å². The molecule has 0 aromatic carbocycles. The van der Waals surface area contributed by atoms with Crippen LogP contribution in [0.4, 0.5) is 5.82 Å². The van der Waals surface area contributed by atoms with Crippen molar-refractivity contribution in [3.8, 4) is 0 Å². The molecule has 0 spiro atoms. The van der Waals surface area contributed by atoms with Crippen molar-refractivity contribution in [3.05, 3.63) is 23.9 Å². The molecule has 5 N–H and O–H groups in total. The summed E-state index contributed by atoms with van der Waals surface area (Å²) in [6.07, 6.45) is 1.62. The molecule has 110 valence electrons. The highest BCUT2D eigenvalue weighted by Gasteiger charge is 2.21. The first kappa shape index (κ1) is 17.1. The number of hydrogen-bond donors (Lipinski definition) is 2. The van der Waals surface area contributed by atoms with Crippen LogP contribution in [-0.4, -0.2) is 64.5 Å². The molecule has 1 aliphatic rings. The Hall–Kier alpha value is -1.86. The molecule has 2 rings (SSSR count). The maximum absolute atomic E-state index is 9.17. The van der Waals surface area contributed by atoms with Crippen molar-refractivity contribution in [1.82, 2.24) is 14.8 Å². The number of oxime groups is 1. The highest BCUT2D eigenvalue weighted by Crippen LogP contribution is 2.13.